The highest BCUT2D eigenvalue weighted by Gasteiger charge is 2.47. The maximum absolute atomic E-state index is 12.5. The molecule has 0 radical (unpaired) electrons. The van der Waals surface area contributed by atoms with Crippen LogP contribution in [-0.4, -0.2) is 31.4 Å². The smallest absolute Gasteiger partial charge is 0.396 e. The number of thioether (sulfide) groups is 1. The van der Waals surface area contributed by atoms with Crippen molar-refractivity contribution in [3.63, 3.8) is 0 Å². The number of halogens is 3. The van der Waals surface area contributed by atoms with Gasteiger partial charge in [0.25, 0.3) is 9.84 Å². The minimum absolute atomic E-state index is 0.0447. The highest BCUT2D eigenvalue weighted by molar-refractivity contribution is 8.00. The van der Waals surface area contributed by atoms with E-state index in [0.29, 0.717) is 12.2 Å². The Morgan fingerprint density at radius 2 is 1.83 bits per heavy atom. The molecule has 0 aromatic heterocycles. The van der Waals surface area contributed by atoms with Crippen molar-refractivity contribution in [3.05, 3.63) is 24.3 Å². The zero-order valence-corrected chi connectivity index (χ0v) is 10.8. The average molecular weight is 300 g/mol. The van der Waals surface area contributed by atoms with Crippen LogP contribution in [-0.2, 0) is 9.84 Å². The van der Waals surface area contributed by atoms with Crippen LogP contribution in [0.2, 0.25) is 0 Å². The first-order valence-corrected chi connectivity index (χ1v) is 7.41. The lowest BCUT2D eigenvalue weighted by Crippen LogP contribution is -2.23. The standard InChI is InChI=1S/C10H11F3O3S2/c11-10(12,13)18(15,16)9-5-2-1-4-8(9)17-7-3-6-14/h1-2,4-5,14H,3,6-7H2. The molecule has 1 rings (SSSR count). The van der Waals surface area contributed by atoms with E-state index in [0.717, 1.165) is 17.8 Å². The van der Waals surface area contributed by atoms with E-state index in [1.165, 1.54) is 18.2 Å². The third-order valence-corrected chi connectivity index (χ3v) is 4.84. The molecule has 18 heavy (non-hydrogen) atoms. The summed E-state index contributed by atoms with van der Waals surface area (Å²) >= 11 is 0.975. The van der Waals surface area contributed by atoms with E-state index in [1.807, 2.05) is 0 Å². The number of rotatable bonds is 5. The van der Waals surface area contributed by atoms with Crippen molar-refractivity contribution in [2.24, 2.45) is 0 Å². The molecule has 0 unspecified atom stereocenters. The van der Waals surface area contributed by atoms with Crippen LogP contribution in [0, 0.1) is 0 Å². The summed E-state index contributed by atoms with van der Waals surface area (Å²) in [5.41, 5.74) is -5.30. The average Bonchev–Trinajstić information content (AvgIpc) is 2.28. The monoisotopic (exact) mass is 300 g/mol. The Kier molecular flexibility index (Phi) is 5.06. The van der Waals surface area contributed by atoms with E-state index in [9.17, 15) is 21.6 Å². The van der Waals surface area contributed by atoms with E-state index in [-0.39, 0.29) is 11.5 Å². The Labute approximate surface area is 107 Å². The zero-order chi connectivity index (χ0) is 13.8. The fraction of sp³-hybridized carbons (Fsp3) is 0.400. The van der Waals surface area contributed by atoms with Gasteiger partial charge in [0.2, 0.25) is 0 Å². The van der Waals surface area contributed by atoms with E-state index in [2.05, 4.69) is 0 Å². The van der Waals surface area contributed by atoms with E-state index in [4.69, 9.17) is 5.11 Å². The van der Waals surface area contributed by atoms with Gasteiger partial charge in [-0.15, -0.1) is 11.8 Å². The van der Waals surface area contributed by atoms with Crippen LogP contribution in [0.5, 0.6) is 0 Å². The number of alkyl halides is 3. The van der Waals surface area contributed by atoms with Crippen LogP contribution in [0.3, 0.4) is 0 Å². The number of aliphatic hydroxyl groups excluding tert-OH is 1. The molecule has 0 aliphatic rings. The van der Waals surface area contributed by atoms with Crippen LogP contribution in [0.25, 0.3) is 0 Å². The second kappa shape index (κ2) is 5.94. The predicted octanol–water partition coefficient (Wildman–Crippen LogP) is 2.45. The third kappa shape index (κ3) is 3.39. The number of hydrogen-bond acceptors (Lipinski definition) is 4. The second-order valence-electron chi connectivity index (χ2n) is 3.32. The van der Waals surface area contributed by atoms with Gasteiger partial charge in [0.15, 0.2) is 0 Å². The highest BCUT2D eigenvalue weighted by Crippen LogP contribution is 2.35. The van der Waals surface area contributed by atoms with Gasteiger partial charge >= 0.3 is 5.51 Å². The van der Waals surface area contributed by atoms with Gasteiger partial charge in [0.05, 0.1) is 4.90 Å². The number of aliphatic hydroxyl groups is 1. The summed E-state index contributed by atoms with van der Waals surface area (Å²) in [5, 5.41) is 8.59. The van der Waals surface area contributed by atoms with Gasteiger partial charge in [-0.1, -0.05) is 12.1 Å². The molecule has 1 aromatic carbocycles. The molecule has 0 fully saturated rings. The molecule has 0 saturated carbocycles. The largest absolute Gasteiger partial charge is 0.501 e. The van der Waals surface area contributed by atoms with Crippen LogP contribution >= 0.6 is 11.8 Å². The molecular weight excluding hydrogens is 289 g/mol. The van der Waals surface area contributed by atoms with E-state index >= 15 is 0 Å². The molecule has 3 nitrogen and oxygen atoms in total. The minimum Gasteiger partial charge on any atom is -0.396 e. The lowest BCUT2D eigenvalue weighted by Gasteiger charge is -2.11. The first-order chi connectivity index (χ1) is 8.30. The van der Waals surface area contributed by atoms with Crippen molar-refractivity contribution in [1.82, 2.24) is 0 Å². The van der Waals surface area contributed by atoms with Crippen molar-refractivity contribution in [2.75, 3.05) is 12.4 Å². The van der Waals surface area contributed by atoms with Crippen molar-refractivity contribution in [3.8, 4) is 0 Å². The molecule has 0 aliphatic carbocycles. The number of sulfone groups is 1. The summed E-state index contributed by atoms with van der Waals surface area (Å²) in [5.74, 6) is 0.348. The molecule has 0 saturated heterocycles. The van der Waals surface area contributed by atoms with E-state index < -0.39 is 20.2 Å². The van der Waals surface area contributed by atoms with Gasteiger partial charge in [0.1, 0.15) is 0 Å². The molecule has 0 bridgehead atoms. The van der Waals surface area contributed by atoms with Gasteiger partial charge < -0.3 is 5.11 Å². The lowest BCUT2D eigenvalue weighted by molar-refractivity contribution is -0.0437. The molecule has 0 heterocycles. The van der Waals surface area contributed by atoms with Gasteiger partial charge in [-0.3, -0.25) is 0 Å². The van der Waals surface area contributed by atoms with E-state index in [1.54, 1.807) is 0 Å². The normalized spacial score (nSPS) is 12.7. The molecule has 0 amide bonds. The lowest BCUT2D eigenvalue weighted by atomic mass is 10.4. The van der Waals surface area contributed by atoms with Gasteiger partial charge in [-0.25, -0.2) is 8.42 Å². The fourth-order valence-electron chi connectivity index (χ4n) is 1.16. The van der Waals surface area contributed by atoms with Crippen LogP contribution < -0.4 is 0 Å². The summed E-state index contributed by atoms with van der Waals surface area (Å²) in [6.07, 6.45) is 0.380. The van der Waals surface area contributed by atoms with Gasteiger partial charge in [0, 0.05) is 17.3 Å². The Morgan fingerprint density at radius 1 is 1.22 bits per heavy atom. The molecular formula is C10H11F3O3S2. The zero-order valence-electron chi connectivity index (χ0n) is 9.14. The number of benzene rings is 1. The SMILES string of the molecule is O=S(=O)(c1ccccc1SCCCO)C(F)(F)F. The molecule has 0 aliphatic heterocycles. The van der Waals surface area contributed by atoms with Crippen molar-refractivity contribution in [2.45, 2.75) is 21.7 Å². The van der Waals surface area contributed by atoms with Crippen molar-refractivity contribution >= 4 is 21.6 Å². The molecule has 0 spiro atoms. The Bertz CT molecular complexity index is 497. The van der Waals surface area contributed by atoms with Gasteiger partial charge in [-0.05, 0) is 18.6 Å². The van der Waals surface area contributed by atoms with Gasteiger partial charge in [-0.2, -0.15) is 13.2 Å². The first kappa shape index (κ1) is 15.3. The summed E-state index contributed by atoms with van der Waals surface area (Å²) < 4.78 is 60.0. The van der Waals surface area contributed by atoms with Crippen molar-refractivity contribution in [1.29, 1.82) is 0 Å². The first-order valence-electron chi connectivity index (χ1n) is 4.94. The second-order valence-corrected chi connectivity index (χ2v) is 6.37. The number of hydrogen-bond donors (Lipinski definition) is 1. The molecule has 0 atom stereocenters. The Hall–Kier alpha value is -0.730. The Balaban J connectivity index is 3.10. The van der Waals surface area contributed by atoms with Crippen LogP contribution in [0.15, 0.2) is 34.1 Å². The Morgan fingerprint density at radius 3 is 2.39 bits per heavy atom. The summed E-state index contributed by atoms with van der Waals surface area (Å²) in [7, 11) is -5.33. The van der Waals surface area contributed by atoms with Crippen molar-refractivity contribution < 1.29 is 26.7 Å². The third-order valence-electron chi connectivity index (χ3n) is 2.00. The topological polar surface area (TPSA) is 54.4 Å². The highest BCUT2D eigenvalue weighted by atomic mass is 32.2. The fourth-order valence-corrected chi connectivity index (χ4v) is 3.39. The maximum atomic E-state index is 12.5. The maximum Gasteiger partial charge on any atom is 0.501 e. The summed E-state index contributed by atoms with van der Waals surface area (Å²) in [4.78, 5) is -0.691. The quantitative estimate of drug-likeness (QED) is 0.670. The molecule has 8 heteroatoms. The molecule has 1 N–H and O–H groups in total. The summed E-state index contributed by atoms with van der Waals surface area (Å²) in [6, 6.07) is 4.97. The minimum atomic E-state index is -5.33. The predicted molar refractivity (Wildman–Crippen MR) is 62.1 cm³/mol. The molecule has 102 valence electrons. The summed E-state index contributed by atoms with van der Waals surface area (Å²) in [6.45, 7) is -0.0960. The van der Waals surface area contributed by atoms with Crippen LogP contribution in [0.1, 0.15) is 6.42 Å². The molecule has 1 aromatic rings. The van der Waals surface area contributed by atoms with Crippen LogP contribution in [0.4, 0.5) is 13.2 Å².